The van der Waals surface area contributed by atoms with Crippen molar-refractivity contribution in [1.82, 2.24) is 19.9 Å². The summed E-state index contributed by atoms with van der Waals surface area (Å²) in [6, 6.07) is 11.6. The zero-order valence-electron chi connectivity index (χ0n) is 24.7. The van der Waals surface area contributed by atoms with Crippen LogP contribution < -0.4 is 14.9 Å². The van der Waals surface area contributed by atoms with E-state index in [4.69, 9.17) is 9.72 Å². The van der Waals surface area contributed by atoms with Crippen molar-refractivity contribution in [3.05, 3.63) is 89.5 Å². The predicted molar refractivity (Wildman–Crippen MR) is 170 cm³/mol. The monoisotopic (exact) mass is 667 g/mol. The van der Waals surface area contributed by atoms with E-state index in [1.807, 2.05) is 26.0 Å². The molecule has 0 bridgehead atoms. The van der Waals surface area contributed by atoms with Gasteiger partial charge in [0.15, 0.2) is 4.90 Å². The quantitative estimate of drug-likeness (QED) is 0.179. The summed E-state index contributed by atoms with van der Waals surface area (Å²) in [6.45, 7) is 6.76. The molecule has 1 saturated heterocycles. The molecule has 10 nitrogen and oxygen atoms in total. The number of aromatic nitrogens is 4. The number of pyridine rings is 1. The first kappa shape index (κ1) is 31.4. The predicted octanol–water partition coefficient (Wildman–Crippen LogP) is 6.58. The standard InChI is InChI=1S/C31H28F3N7O3S2/c1-18(2)30-39-27(19-14-20(32)16-22(15-19)40-46(42,43)29-23(33)4-3-5-24(29)34)28(45-30)25-8-9-35-31(38-25)37-21-6-7-26(36-17-21)41-10-12-44-13-11-41/h3-9,14-18,40H,10-13H2,1-2H3,(H,35,37,38). The van der Waals surface area contributed by atoms with Gasteiger partial charge in [-0.1, -0.05) is 19.9 Å². The minimum Gasteiger partial charge on any atom is -0.378 e. The maximum absolute atomic E-state index is 14.9. The lowest BCUT2D eigenvalue weighted by atomic mass is 10.1. The van der Waals surface area contributed by atoms with Gasteiger partial charge in [-0.2, -0.15) is 0 Å². The van der Waals surface area contributed by atoms with Crippen LogP contribution in [0.1, 0.15) is 24.8 Å². The van der Waals surface area contributed by atoms with Crippen molar-refractivity contribution >= 4 is 44.5 Å². The number of morpholine rings is 1. The van der Waals surface area contributed by atoms with Crippen LogP contribution in [0.4, 0.5) is 36.3 Å². The lowest BCUT2D eigenvalue weighted by Crippen LogP contribution is -2.36. The number of hydrogen-bond acceptors (Lipinski definition) is 10. The molecule has 0 amide bonds. The zero-order chi connectivity index (χ0) is 32.4. The van der Waals surface area contributed by atoms with Crippen molar-refractivity contribution < 1.29 is 26.3 Å². The van der Waals surface area contributed by atoms with Gasteiger partial charge in [0.05, 0.1) is 52.1 Å². The number of nitrogens with zero attached hydrogens (tertiary/aromatic N) is 5. The molecule has 0 radical (unpaired) electrons. The highest BCUT2D eigenvalue weighted by Gasteiger charge is 2.25. The molecule has 0 unspecified atom stereocenters. The van der Waals surface area contributed by atoms with Crippen LogP contribution in [0, 0.1) is 17.5 Å². The summed E-state index contributed by atoms with van der Waals surface area (Å²) < 4.78 is 76.8. The molecule has 6 rings (SSSR count). The van der Waals surface area contributed by atoms with Crippen LogP contribution in [0.5, 0.6) is 0 Å². The summed E-state index contributed by atoms with van der Waals surface area (Å²) in [6.07, 6.45) is 3.27. The van der Waals surface area contributed by atoms with E-state index in [9.17, 15) is 21.6 Å². The molecule has 15 heteroatoms. The second kappa shape index (κ2) is 13.0. The molecule has 5 aromatic rings. The lowest BCUT2D eigenvalue weighted by molar-refractivity contribution is 0.122. The van der Waals surface area contributed by atoms with Gasteiger partial charge in [0, 0.05) is 30.8 Å². The summed E-state index contributed by atoms with van der Waals surface area (Å²) in [5, 5.41) is 3.90. The Morgan fingerprint density at radius 2 is 1.70 bits per heavy atom. The summed E-state index contributed by atoms with van der Waals surface area (Å²) in [5.74, 6) is -2.18. The summed E-state index contributed by atoms with van der Waals surface area (Å²) in [5.41, 5.74) is 1.53. The van der Waals surface area contributed by atoms with Crippen LogP contribution >= 0.6 is 11.3 Å². The fourth-order valence-corrected chi connectivity index (χ4v) is 7.04. The van der Waals surface area contributed by atoms with Gasteiger partial charge in [0.2, 0.25) is 5.95 Å². The van der Waals surface area contributed by atoms with Gasteiger partial charge in [0.25, 0.3) is 10.0 Å². The minimum atomic E-state index is -4.73. The van der Waals surface area contributed by atoms with Gasteiger partial charge in [-0.05, 0) is 48.5 Å². The van der Waals surface area contributed by atoms with E-state index in [1.165, 1.54) is 23.5 Å². The summed E-state index contributed by atoms with van der Waals surface area (Å²) in [4.78, 5) is 19.9. The second-order valence-corrected chi connectivity index (χ2v) is 13.3. The molecule has 0 spiro atoms. The fourth-order valence-electron chi connectivity index (χ4n) is 4.80. The van der Waals surface area contributed by atoms with Gasteiger partial charge in [0.1, 0.15) is 23.3 Å². The van der Waals surface area contributed by atoms with Gasteiger partial charge in [-0.3, -0.25) is 4.72 Å². The van der Waals surface area contributed by atoms with Crippen molar-refractivity contribution in [2.45, 2.75) is 24.7 Å². The van der Waals surface area contributed by atoms with Crippen LogP contribution in [0.2, 0.25) is 0 Å². The molecule has 2 aromatic carbocycles. The van der Waals surface area contributed by atoms with Crippen LogP contribution in [-0.2, 0) is 14.8 Å². The second-order valence-electron chi connectivity index (χ2n) is 10.7. The third kappa shape index (κ3) is 6.80. The first-order valence-corrected chi connectivity index (χ1v) is 16.5. The molecule has 4 heterocycles. The normalized spacial score (nSPS) is 13.7. The third-order valence-corrected chi connectivity index (χ3v) is 9.79. The number of anilines is 4. The maximum atomic E-state index is 14.9. The Hall–Kier alpha value is -4.60. The molecule has 0 aliphatic carbocycles. The van der Waals surface area contributed by atoms with Crippen LogP contribution in [0.15, 0.2) is 71.9 Å². The van der Waals surface area contributed by atoms with E-state index >= 15 is 0 Å². The number of thiazole rings is 1. The number of ether oxygens (including phenoxy) is 1. The number of nitrogens with one attached hydrogen (secondary N) is 2. The Morgan fingerprint density at radius 1 is 0.935 bits per heavy atom. The molecular formula is C31H28F3N7O3S2. The molecule has 1 fully saturated rings. The fraction of sp³-hybridized carbons (Fsp3) is 0.226. The molecule has 46 heavy (non-hydrogen) atoms. The number of rotatable bonds is 9. The summed E-state index contributed by atoms with van der Waals surface area (Å²) in [7, 11) is -4.73. The van der Waals surface area contributed by atoms with Crippen molar-refractivity contribution in [3.63, 3.8) is 0 Å². The molecule has 2 N–H and O–H groups in total. The average molecular weight is 668 g/mol. The van der Waals surface area contributed by atoms with Crippen molar-refractivity contribution in [1.29, 1.82) is 0 Å². The van der Waals surface area contributed by atoms with E-state index in [2.05, 4.69) is 29.9 Å². The van der Waals surface area contributed by atoms with E-state index in [0.717, 1.165) is 48.2 Å². The molecule has 3 aromatic heterocycles. The van der Waals surface area contributed by atoms with Crippen LogP contribution in [0.25, 0.3) is 21.8 Å². The number of benzene rings is 2. The number of hydrogen-bond donors (Lipinski definition) is 2. The van der Waals surface area contributed by atoms with E-state index in [0.29, 0.717) is 41.1 Å². The lowest BCUT2D eigenvalue weighted by Gasteiger charge is -2.27. The largest absolute Gasteiger partial charge is 0.378 e. The third-order valence-electron chi connectivity index (χ3n) is 6.98. The highest BCUT2D eigenvalue weighted by molar-refractivity contribution is 7.92. The first-order chi connectivity index (χ1) is 22.1. The highest BCUT2D eigenvalue weighted by Crippen LogP contribution is 2.40. The molecule has 238 valence electrons. The Labute approximate surface area is 267 Å². The zero-order valence-corrected chi connectivity index (χ0v) is 26.3. The Morgan fingerprint density at radius 3 is 2.39 bits per heavy atom. The molecule has 1 aliphatic heterocycles. The van der Waals surface area contributed by atoms with Gasteiger partial charge in [-0.25, -0.2) is 41.5 Å². The van der Waals surface area contributed by atoms with Gasteiger partial charge in [-0.15, -0.1) is 11.3 Å². The van der Waals surface area contributed by atoms with Crippen molar-refractivity contribution in [2.24, 2.45) is 0 Å². The molecule has 0 saturated carbocycles. The Kier molecular flexibility index (Phi) is 8.88. The van der Waals surface area contributed by atoms with Crippen LogP contribution in [-0.4, -0.2) is 54.7 Å². The highest BCUT2D eigenvalue weighted by atomic mass is 32.2. The Balaban J connectivity index is 1.31. The maximum Gasteiger partial charge on any atom is 0.267 e. The van der Waals surface area contributed by atoms with Crippen molar-refractivity contribution in [2.75, 3.05) is 41.2 Å². The number of halogens is 3. The molecule has 0 atom stereocenters. The van der Waals surface area contributed by atoms with E-state index < -0.39 is 32.4 Å². The van der Waals surface area contributed by atoms with Gasteiger partial charge >= 0.3 is 0 Å². The van der Waals surface area contributed by atoms with E-state index in [-0.39, 0.29) is 17.2 Å². The average Bonchev–Trinajstić information content (AvgIpc) is 3.48. The van der Waals surface area contributed by atoms with Gasteiger partial charge < -0.3 is 15.0 Å². The minimum absolute atomic E-state index is 0.0172. The first-order valence-electron chi connectivity index (χ1n) is 14.2. The Bertz CT molecular complexity index is 1960. The smallest absolute Gasteiger partial charge is 0.267 e. The van der Waals surface area contributed by atoms with E-state index in [1.54, 1.807) is 18.5 Å². The molecule has 1 aliphatic rings. The summed E-state index contributed by atoms with van der Waals surface area (Å²) >= 11 is 1.36. The SMILES string of the molecule is CC(C)c1nc(-c2cc(F)cc(NS(=O)(=O)c3c(F)cccc3F)c2)c(-c2ccnc(Nc3ccc(N4CCOCC4)nc3)n2)s1. The molecular weight excluding hydrogens is 640 g/mol. The topological polar surface area (TPSA) is 122 Å². The van der Waals surface area contributed by atoms with Crippen LogP contribution in [0.3, 0.4) is 0 Å². The van der Waals surface area contributed by atoms with Crippen molar-refractivity contribution in [3.8, 4) is 21.8 Å². The number of sulfonamides is 1.